The summed E-state index contributed by atoms with van der Waals surface area (Å²) in [5.41, 5.74) is 1.50. The minimum atomic E-state index is -0.126. The monoisotopic (exact) mass is 289 g/mol. The van der Waals surface area contributed by atoms with Gasteiger partial charge in [0.2, 0.25) is 0 Å². The summed E-state index contributed by atoms with van der Waals surface area (Å²) in [6.07, 6.45) is 5.18. The predicted octanol–water partition coefficient (Wildman–Crippen LogP) is 2.48. The summed E-state index contributed by atoms with van der Waals surface area (Å²) in [6, 6.07) is 7.36. The third kappa shape index (κ3) is 1.78. The molecule has 0 bridgehead atoms. The number of hydrogen-bond acceptors (Lipinski definition) is 2. The fraction of sp³-hybridized carbons (Fsp3) is 0. The Bertz CT molecular complexity index is 731. The maximum atomic E-state index is 11.6. The summed E-state index contributed by atoms with van der Waals surface area (Å²) in [7, 11) is 0. The minimum absolute atomic E-state index is 0.126. The van der Waals surface area contributed by atoms with E-state index in [1.54, 1.807) is 18.6 Å². The minimum Gasteiger partial charge on any atom is -0.322 e. The molecule has 0 spiro atoms. The van der Waals surface area contributed by atoms with Crippen molar-refractivity contribution < 1.29 is 0 Å². The first kappa shape index (κ1) is 10.3. The number of nitrogens with one attached hydrogen (secondary N) is 1. The largest absolute Gasteiger partial charge is 0.322 e. The SMILES string of the molecule is O=c1cc(-n2ccnc2)c2ccc(Br)cc2[nH]1. The Kier molecular flexibility index (Phi) is 2.33. The molecule has 0 saturated heterocycles. The van der Waals surface area contributed by atoms with Crippen molar-refractivity contribution in [2.75, 3.05) is 0 Å². The predicted molar refractivity (Wildman–Crippen MR) is 69.4 cm³/mol. The quantitative estimate of drug-likeness (QED) is 0.748. The third-order valence-corrected chi connectivity index (χ3v) is 3.06. The van der Waals surface area contributed by atoms with E-state index in [1.165, 1.54) is 0 Å². The number of nitrogens with zero attached hydrogens (tertiary/aromatic N) is 2. The molecule has 17 heavy (non-hydrogen) atoms. The molecule has 0 amide bonds. The number of rotatable bonds is 1. The lowest BCUT2D eigenvalue weighted by Gasteiger charge is -2.06. The van der Waals surface area contributed by atoms with Crippen LogP contribution in [0.1, 0.15) is 0 Å². The van der Waals surface area contributed by atoms with E-state index in [2.05, 4.69) is 25.9 Å². The zero-order valence-corrected chi connectivity index (χ0v) is 10.3. The number of H-pyrrole nitrogens is 1. The van der Waals surface area contributed by atoms with Crippen LogP contribution in [0.3, 0.4) is 0 Å². The molecule has 0 aliphatic heterocycles. The van der Waals surface area contributed by atoms with Crippen LogP contribution in [0.5, 0.6) is 0 Å². The second kappa shape index (κ2) is 3.85. The van der Waals surface area contributed by atoms with E-state index < -0.39 is 0 Å². The second-order valence-electron chi connectivity index (χ2n) is 3.68. The van der Waals surface area contributed by atoms with Crippen LogP contribution in [0.15, 0.2) is 52.3 Å². The fourth-order valence-corrected chi connectivity index (χ4v) is 2.19. The molecule has 4 nitrogen and oxygen atoms in total. The summed E-state index contributed by atoms with van der Waals surface area (Å²) in [6.45, 7) is 0. The van der Waals surface area contributed by atoms with Crippen LogP contribution >= 0.6 is 15.9 Å². The maximum absolute atomic E-state index is 11.6. The normalized spacial score (nSPS) is 10.9. The lowest BCUT2D eigenvalue weighted by atomic mass is 10.2. The van der Waals surface area contributed by atoms with Crippen LogP contribution in [0.2, 0.25) is 0 Å². The van der Waals surface area contributed by atoms with Gasteiger partial charge < -0.3 is 9.55 Å². The first-order valence-electron chi connectivity index (χ1n) is 5.05. The molecule has 0 aliphatic carbocycles. The van der Waals surface area contributed by atoms with Crippen molar-refractivity contribution in [2.24, 2.45) is 0 Å². The first-order valence-corrected chi connectivity index (χ1v) is 5.84. The van der Waals surface area contributed by atoms with Crippen LogP contribution in [0.25, 0.3) is 16.6 Å². The van der Waals surface area contributed by atoms with Gasteiger partial charge in [-0.3, -0.25) is 4.79 Å². The number of halogens is 1. The zero-order chi connectivity index (χ0) is 11.8. The van der Waals surface area contributed by atoms with Crippen molar-refractivity contribution in [2.45, 2.75) is 0 Å². The van der Waals surface area contributed by atoms with Gasteiger partial charge in [-0.25, -0.2) is 4.98 Å². The van der Waals surface area contributed by atoms with Gasteiger partial charge in [0.15, 0.2) is 0 Å². The average Bonchev–Trinajstić information content (AvgIpc) is 2.80. The molecule has 0 saturated carbocycles. The molecule has 84 valence electrons. The van der Waals surface area contributed by atoms with E-state index in [1.807, 2.05) is 29.0 Å². The van der Waals surface area contributed by atoms with Gasteiger partial charge in [0.1, 0.15) is 0 Å². The Morgan fingerprint density at radius 1 is 1.29 bits per heavy atom. The number of aromatic nitrogens is 3. The molecule has 0 atom stereocenters. The highest BCUT2D eigenvalue weighted by Crippen LogP contribution is 2.22. The summed E-state index contributed by atoms with van der Waals surface area (Å²) < 4.78 is 2.76. The third-order valence-electron chi connectivity index (χ3n) is 2.57. The zero-order valence-electron chi connectivity index (χ0n) is 8.72. The number of benzene rings is 1. The first-order chi connectivity index (χ1) is 8.24. The standard InChI is InChI=1S/C12H8BrN3O/c13-8-1-2-9-10(5-8)15-12(17)6-11(9)16-4-3-14-7-16/h1-7H,(H,15,17). The Hall–Kier alpha value is -1.88. The topological polar surface area (TPSA) is 50.7 Å². The molecule has 0 radical (unpaired) electrons. The molecule has 5 heteroatoms. The fourth-order valence-electron chi connectivity index (χ4n) is 1.83. The lowest BCUT2D eigenvalue weighted by molar-refractivity contribution is 1.06. The molecular formula is C12H8BrN3O. The van der Waals surface area contributed by atoms with Crippen LogP contribution in [-0.4, -0.2) is 14.5 Å². The number of imidazole rings is 1. The molecule has 0 fully saturated rings. The molecule has 3 rings (SSSR count). The smallest absolute Gasteiger partial charge is 0.250 e. The van der Waals surface area contributed by atoms with Gasteiger partial charge in [-0.2, -0.15) is 0 Å². The van der Waals surface area contributed by atoms with Gasteiger partial charge in [-0.15, -0.1) is 0 Å². The summed E-state index contributed by atoms with van der Waals surface area (Å²) >= 11 is 3.39. The van der Waals surface area contributed by atoms with Crippen molar-refractivity contribution in [1.82, 2.24) is 14.5 Å². The van der Waals surface area contributed by atoms with E-state index >= 15 is 0 Å². The lowest BCUT2D eigenvalue weighted by Crippen LogP contribution is -2.07. The van der Waals surface area contributed by atoms with Crippen LogP contribution in [0.4, 0.5) is 0 Å². The highest BCUT2D eigenvalue weighted by Gasteiger charge is 2.05. The van der Waals surface area contributed by atoms with E-state index in [0.29, 0.717) is 0 Å². The molecule has 2 heterocycles. The number of pyridine rings is 1. The molecule has 3 aromatic rings. The van der Waals surface area contributed by atoms with Gasteiger partial charge >= 0.3 is 0 Å². The molecule has 0 aliphatic rings. The molecule has 1 aromatic carbocycles. The summed E-state index contributed by atoms with van der Waals surface area (Å²) in [4.78, 5) is 18.4. The Labute approximate surface area is 105 Å². The van der Waals surface area contributed by atoms with E-state index in [0.717, 1.165) is 21.1 Å². The molecule has 0 unspecified atom stereocenters. The Balaban J connectivity index is 2.42. The second-order valence-corrected chi connectivity index (χ2v) is 4.59. The maximum Gasteiger partial charge on any atom is 0.250 e. The Morgan fingerprint density at radius 2 is 2.18 bits per heavy atom. The van der Waals surface area contributed by atoms with Crippen LogP contribution in [-0.2, 0) is 0 Å². The van der Waals surface area contributed by atoms with E-state index in [-0.39, 0.29) is 5.56 Å². The van der Waals surface area contributed by atoms with Crippen molar-refractivity contribution in [3.8, 4) is 5.69 Å². The summed E-state index contributed by atoms with van der Waals surface area (Å²) in [5, 5.41) is 0.978. The van der Waals surface area contributed by atoms with Crippen LogP contribution in [0, 0.1) is 0 Å². The molecule has 1 N–H and O–H groups in total. The van der Waals surface area contributed by atoms with Crippen molar-refractivity contribution >= 4 is 26.8 Å². The molecular weight excluding hydrogens is 282 g/mol. The van der Waals surface area contributed by atoms with Gasteiger partial charge in [0, 0.05) is 28.3 Å². The number of hydrogen-bond donors (Lipinski definition) is 1. The molecule has 2 aromatic heterocycles. The van der Waals surface area contributed by atoms with E-state index in [9.17, 15) is 4.79 Å². The average molecular weight is 290 g/mol. The summed E-state index contributed by atoms with van der Waals surface area (Å²) in [5.74, 6) is 0. The number of aromatic amines is 1. The van der Waals surface area contributed by atoms with Gasteiger partial charge in [0.05, 0.1) is 17.5 Å². The Morgan fingerprint density at radius 3 is 2.94 bits per heavy atom. The highest BCUT2D eigenvalue weighted by molar-refractivity contribution is 9.10. The van der Waals surface area contributed by atoms with Gasteiger partial charge in [-0.05, 0) is 18.2 Å². The van der Waals surface area contributed by atoms with E-state index in [4.69, 9.17) is 0 Å². The van der Waals surface area contributed by atoms with Crippen molar-refractivity contribution in [3.63, 3.8) is 0 Å². The van der Waals surface area contributed by atoms with Crippen molar-refractivity contribution in [1.29, 1.82) is 0 Å². The van der Waals surface area contributed by atoms with Gasteiger partial charge in [0.25, 0.3) is 5.56 Å². The number of fused-ring (bicyclic) bond motifs is 1. The van der Waals surface area contributed by atoms with Crippen molar-refractivity contribution in [3.05, 3.63) is 57.8 Å². The van der Waals surface area contributed by atoms with Crippen LogP contribution < -0.4 is 5.56 Å². The highest BCUT2D eigenvalue weighted by atomic mass is 79.9. The van der Waals surface area contributed by atoms with Gasteiger partial charge in [-0.1, -0.05) is 15.9 Å².